The van der Waals surface area contributed by atoms with E-state index in [0.29, 0.717) is 31.3 Å². The first-order chi connectivity index (χ1) is 9.15. The van der Waals surface area contributed by atoms with Gasteiger partial charge in [0.05, 0.1) is 6.61 Å². The molecule has 108 valence electrons. The van der Waals surface area contributed by atoms with Crippen molar-refractivity contribution in [2.45, 2.75) is 19.5 Å². The van der Waals surface area contributed by atoms with E-state index in [1.807, 2.05) is 19.1 Å². The Morgan fingerprint density at radius 3 is 2.42 bits per heavy atom. The molecule has 0 fully saturated rings. The van der Waals surface area contributed by atoms with Crippen LogP contribution in [0.5, 0.6) is 11.5 Å². The van der Waals surface area contributed by atoms with Crippen LogP contribution in [0.1, 0.15) is 6.92 Å². The molecule has 2 N–H and O–H groups in total. The molecule has 0 aliphatic heterocycles. The summed E-state index contributed by atoms with van der Waals surface area (Å²) in [6.45, 7) is 2.93. The van der Waals surface area contributed by atoms with Crippen LogP contribution < -0.4 is 14.8 Å². The van der Waals surface area contributed by atoms with Gasteiger partial charge in [0, 0.05) is 13.1 Å². The Bertz CT molecular complexity index is 363. The summed E-state index contributed by atoms with van der Waals surface area (Å²) in [7, 11) is 0. The average molecular weight is 275 g/mol. The number of aliphatic hydroxyl groups is 1. The summed E-state index contributed by atoms with van der Waals surface area (Å²) in [5.41, 5.74) is 0. The summed E-state index contributed by atoms with van der Waals surface area (Å²) in [5, 5.41) is 11.6. The molecule has 0 bridgehead atoms. The van der Waals surface area contributed by atoms with E-state index in [1.165, 1.54) is 0 Å². The quantitative estimate of drug-likeness (QED) is 0.673. The molecule has 0 spiro atoms. The van der Waals surface area contributed by atoms with Crippen molar-refractivity contribution >= 4 is 0 Å². The van der Waals surface area contributed by atoms with Gasteiger partial charge in [0.25, 0.3) is 6.43 Å². The van der Waals surface area contributed by atoms with Crippen molar-refractivity contribution in [3.05, 3.63) is 24.3 Å². The van der Waals surface area contributed by atoms with E-state index in [-0.39, 0.29) is 6.54 Å². The Hall–Kier alpha value is -1.40. The molecular weight excluding hydrogens is 256 g/mol. The third-order valence-corrected chi connectivity index (χ3v) is 2.33. The number of para-hydroxylation sites is 2. The molecule has 0 aliphatic rings. The van der Waals surface area contributed by atoms with Gasteiger partial charge < -0.3 is 19.9 Å². The van der Waals surface area contributed by atoms with Crippen molar-refractivity contribution in [2.24, 2.45) is 0 Å². The Kier molecular flexibility index (Phi) is 7.14. The number of rotatable bonds is 9. The topological polar surface area (TPSA) is 50.7 Å². The molecule has 0 saturated heterocycles. The Labute approximate surface area is 111 Å². The fraction of sp³-hybridized carbons (Fsp3) is 0.538. The molecule has 1 atom stereocenters. The highest BCUT2D eigenvalue weighted by atomic mass is 19.3. The number of aliphatic hydroxyl groups excluding tert-OH is 1. The molecule has 0 radical (unpaired) electrons. The van der Waals surface area contributed by atoms with Crippen molar-refractivity contribution < 1.29 is 23.4 Å². The van der Waals surface area contributed by atoms with Crippen molar-refractivity contribution in [1.82, 2.24) is 5.32 Å². The molecule has 19 heavy (non-hydrogen) atoms. The van der Waals surface area contributed by atoms with Gasteiger partial charge in [-0.15, -0.1) is 0 Å². The molecule has 0 aliphatic carbocycles. The average Bonchev–Trinajstić information content (AvgIpc) is 2.40. The van der Waals surface area contributed by atoms with E-state index in [2.05, 4.69) is 5.32 Å². The predicted molar refractivity (Wildman–Crippen MR) is 68.0 cm³/mol. The van der Waals surface area contributed by atoms with Crippen molar-refractivity contribution in [2.75, 3.05) is 26.3 Å². The lowest BCUT2D eigenvalue weighted by atomic mass is 10.3. The number of benzene rings is 1. The number of nitrogens with one attached hydrogen (secondary N) is 1. The molecule has 6 heteroatoms. The maximum absolute atomic E-state index is 12.0. The highest BCUT2D eigenvalue weighted by Gasteiger charge is 2.15. The normalized spacial score (nSPS) is 12.5. The van der Waals surface area contributed by atoms with Gasteiger partial charge in [-0.3, -0.25) is 0 Å². The third-order valence-electron chi connectivity index (χ3n) is 2.33. The van der Waals surface area contributed by atoms with Gasteiger partial charge in [0.1, 0.15) is 12.7 Å². The van der Waals surface area contributed by atoms with Gasteiger partial charge in [-0.2, -0.15) is 0 Å². The van der Waals surface area contributed by atoms with Gasteiger partial charge in [0.15, 0.2) is 11.5 Å². The molecule has 0 heterocycles. The van der Waals surface area contributed by atoms with E-state index in [1.54, 1.807) is 12.1 Å². The lowest BCUT2D eigenvalue weighted by molar-refractivity contribution is -0.00347. The van der Waals surface area contributed by atoms with Crippen LogP contribution in [0.25, 0.3) is 0 Å². The SMILES string of the molecule is CCOc1ccccc1OCCNCC(O)C(F)F. The second-order valence-corrected chi connectivity index (χ2v) is 3.83. The van der Waals surface area contributed by atoms with Crippen LogP contribution in [-0.2, 0) is 0 Å². The zero-order chi connectivity index (χ0) is 14.1. The van der Waals surface area contributed by atoms with Crippen LogP contribution in [0, 0.1) is 0 Å². The molecule has 0 amide bonds. The van der Waals surface area contributed by atoms with Gasteiger partial charge in [-0.1, -0.05) is 12.1 Å². The maximum Gasteiger partial charge on any atom is 0.265 e. The zero-order valence-corrected chi connectivity index (χ0v) is 10.8. The smallest absolute Gasteiger partial charge is 0.265 e. The minimum Gasteiger partial charge on any atom is -0.490 e. The van der Waals surface area contributed by atoms with E-state index in [4.69, 9.17) is 14.6 Å². The molecule has 1 aromatic carbocycles. The maximum atomic E-state index is 12.0. The van der Waals surface area contributed by atoms with Crippen LogP contribution in [0.4, 0.5) is 8.78 Å². The Morgan fingerprint density at radius 2 is 1.84 bits per heavy atom. The number of halogens is 2. The van der Waals surface area contributed by atoms with Crippen LogP contribution in [0.3, 0.4) is 0 Å². The van der Waals surface area contributed by atoms with Crippen LogP contribution >= 0.6 is 0 Å². The predicted octanol–water partition coefficient (Wildman–Crippen LogP) is 1.68. The third kappa shape index (κ3) is 5.85. The first kappa shape index (κ1) is 15.7. The number of alkyl halides is 2. The second-order valence-electron chi connectivity index (χ2n) is 3.83. The molecular formula is C13H19F2NO3. The highest BCUT2D eigenvalue weighted by Crippen LogP contribution is 2.25. The van der Waals surface area contributed by atoms with Gasteiger partial charge in [-0.05, 0) is 19.1 Å². The molecule has 1 aromatic rings. The zero-order valence-electron chi connectivity index (χ0n) is 10.8. The minimum atomic E-state index is -2.73. The first-order valence-electron chi connectivity index (χ1n) is 6.16. The lowest BCUT2D eigenvalue weighted by Crippen LogP contribution is -2.34. The summed E-state index contributed by atoms with van der Waals surface area (Å²) in [5.74, 6) is 1.26. The summed E-state index contributed by atoms with van der Waals surface area (Å²) in [4.78, 5) is 0. The van der Waals surface area contributed by atoms with Gasteiger partial charge >= 0.3 is 0 Å². The van der Waals surface area contributed by atoms with Crippen LogP contribution in [0.2, 0.25) is 0 Å². The van der Waals surface area contributed by atoms with Crippen molar-refractivity contribution in [3.63, 3.8) is 0 Å². The molecule has 0 saturated carbocycles. The van der Waals surface area contributed by atoms with E-state index in [0.717, 1.165) is 0 Å². The molecule has 0 aromatic heterocycles. The van der Waals surface area contributed by atoms with Crippen molar-refractivity contribution in [3.8, 4) is 11.5 Å². The van der Waals surface area contributed by atoms with E-state index >= 15 is 0 Å². The number of hydrogen-bond donors (Lipinski definition) is 2. The van der Waals surface area contributed by atoms with Crippen molar-refractivity contribution in [1.29, 1.82) is 0 Å². The summed E-state index contributed by atoms with van der Waals surface area (Å²) < 4.78 is 34.9. The standard InChI is InChI=1S/C13H19F2NO3/c1-2-18-11-5-3-4-6-12(11)19-8-7-16-9-10(17)13(14)15/h3-6,10,13,16-17H,2,7-9H2,1H3. The van der Waals surface area contributed by atoms with Crippen LogP contribution in [0.15, 0.2) is 24.3 Å². The highest BCUT2D eigenvalue weighted by molar-refractivity contribution is 5.39. The number of ether oxygens (including phenoxy) is 2. The first-order valence-corrected chi connectivity index (χ1v) is 6.16. The van der Waals surface area contributed by atoms with Gasteiger partial charge in [-0.25, -0.2) is 8.78 Å². The fourth-order valence-corrected chi connectivity index (χ4v) is 1.42. The number of hydrogen-bond acceptors (Lipinski definition) is 4. The summed E-state index contributed by atoms with van der Waals surface area (Å²) in [6, 6.07) is 7.24. The van der Waals surface area contributed by atoms with E-state index in [9.17, 15) is 8.78 Å². The lowest BCUT2D eigenvalue weighted by Gasteiger charge is -2.13. The fourth-order valence-electron chi connectivity index (χ4n) is 1.42. The van der Waals surface area contributed by atoms with Crippen LogP contribution in [-0.4, -0.2) is 43.9 Å². The van der Waals surface area contributed by atoms with Gasteiger partial charge in [0.2, 0.25) is 0 Å². The minimum absolute atomic E-state index is 0.159. The Morgan fingerprint density at radius 1 is 1.21 bits per heavy atom. The van der Waals surface area contributed by atoms with E-state index < -0.39 is 12.5 Å². The molecule has 1 rings (SSSR count). The second kappa shape index (κ2) is 8.66. The molecule has 4 nitrogen and oxygen atoms in total. The Balaban J connectivity index is 2.26. The largest absolute Gasteiger partial charge is 0.490 e. The summed E-state index contributed by atoms with van der Waals surface area (Å²) >= 11 is 0. The monoisotopic (exact) mass is 275 g/mol. The summed E-state index contributed by atoms with van der Waals surface area (Å²) in [6.07, 6.45) is -4.37. The molecule has 1 unspecified atom stereocenters.